The minimum atomic E-state index is -0.250. The Bertz CT molecular complexity index is 389. The van der Waals surface area contributed by atoms with Crippen LogP contribution in [-0.4, -0.2) is 42.0 Å². The van der Waals surface area contributed by atoms with Gasteiger partial charge in [0, 0.05) is 37.4 Å². The molecule has 1 aliphatic rings. The predicted molar refractivity (Wildman–Crippen MR) is 72.8 cm³/mol. The lowest BCUT2D eigenvalue weighted by atomic mass is 10.1. The van der Waals surface area contributed by atoms with Gasteiger partial charge in [-0.15, -0.1) is 0 Å². The van der Waals surface area contributed by atoms with Crippen molar-refractivity contribution in [1.29, 1.82) is 0 Å². The van der Waals surface area contributed by atoms with E-state index < -0.39 is 0 Å². The maximum atomic E-state index is 13.3. The van der Waals surface area contributed by atoms with Crippen molar-refractivity contribution in [3.8, 4) is 0 Å². The molecule has 1 aromatic rings. The van der Waals surface area contributed by atoms with Crippen molar-refractivity contribution in [1.82, 2.24) is 9.80 Å². The van der Waals surface area contributed by atoms with Crippen molar-refractivity contribution in [2.24, 2.45) is 0 Å². The van der Waals surface area contributed by atoms with Gasteiger partial charge < -0.3 is 5.73 Å². The lowest BCUT2D eigenvalue weighted by molar-refractivity contribution is 0.0556. The Labute approximate surface area is 108 Å². The zero-order valence-corrected chi connectivity index (χ0v) is 11.4. The van der Waals surface area contributed by atoms with E-state index in [0.29, 0.717) is 17.8 Å². The van der Waals surface area contributed by atoms with Crippen molar-refractivity contribution in [3.05, 3.63) is 29.6 Å². The Balaban J connectivity index is 2.05. The number of anilines is 1. The fourth-order valence-electron chi connectivity index (χ4n) is 2.67. The van der Waals surface area contributed by atoms with Gasteiger partial charge in [-0.05, 0) is 44.7 Å². The van der Waals surface area contributed by atoms with Gasteiger partial charge in [-0.25, -0.2) is 4.39 Å². The molecule has 0 spiro atoms. The third kappa shape index (κ3) is 3.00. The number of benzene rings is 1. The molecule has 0 saturated carbocycles. The summed E-state index contributed by atoms with van der Waals surface area (Å²) in [5.74, 6) is -0.250. The average Bonchev–Trinajstić information content (AvgIpc) is 2.24. The molecule has 2 N–H and O–H groups in total. The highest BCUT2D eigenvalue weighted by atomic mass is 19.1. The number of rotatable bonds is 2. The molecular formula is C14H22FN3. The number of nitrogen functional groups attached to an aromatic ring is 1. The predicted octanol–water partition coefficient (Wildman–Crippen LogP) is 1.93. The van der Waals surface area contributed by atoms with E-state index in [4.69, 9.17) is 5.73 Å². The van der Waals surface area contributed by atoms with Gasteiger partial charge in [-0.3, -0.25) is 9.80 Å². The first-order chi connectivity index (χ1) is 8.45. The Morgan fingerprint density at radius 1 is 1.22 bits per heavy atom. The number of halogens is 1. The molecule has 1 fully saturated rings. The maximum absolute atomic E-state index is 13.3. The number of nitrogens with two attached hydrogens (primary N) is 1. The molecule has 2 atom stereocenters. The fraction of sp³-hybridized carbons (Fsp3) is 0.571. The summed E-state index contributed by atoms with van der Waals surface area (Å²) in [6, 6.07) is 5.85. The van der Waals surface area contributed by atoms with Crippen LogP contribution in [0.2, 0.25) is 0 Å². The van der Waals surface area contributed by atoms with Crippen molar-refractivity contribution in [3.63, 3.8) is 0 Å². The van der Waals surface area contributed by atoms with Gasteiger partial charge in [0.1, 0.15) is 5.82 Å². The lowest BCUT2D eigenvalue weighted by Gasteiger charge is -2.42. The molecule has 18 heavy (non-hydrogen) atoms. The highest BCUT2D eigenvalue weighted by Gasteiger charge is 2.26. The van der Waals surface area contributed by atoms with Crippen molar-refractivity contribution in [2.45, 2.75) is 32.5 Å². The van der Waals surface area contributed by atoms with Gasteiger partial charge in [0.25, 0.3) is 0 Å². The van der Waals surface area contributed by atoms with Gasteiger partial charge in [0.05, 0.1) is 0 Å². The molecule has 0 aliphatic carbocycles. The van der Waals surface area contributed by atoms with E-state index in [1.165, 1.54) is 6.07 Å². The Kier molecular flexibility index (Phi) is 3.88. The Hall–Kier alpha value is -1.13. The van der Waals surface area contributed by atoms with Crippen LogP contribution >= 0.6 is 0 Å². The van der Waals surface area contributed by atoms with E-state index in [0.717, 1.165) is 25.2 Å². The molecule has 1 saturated heterocycles. The number of likely N-dealkylation sites (N-methyl/N-ethyl adjacent to an activating group) is 1. The molecule has 100 valence electrons. The summed E-state index contributed by atoms with van der Waals surface area (Å²) in [7, 11) is 2.16. The second kappa shape index (κ2) is 5.24. The average molecular weight is 251 g/mol. The third-order valence-electron chi connectivity index (χ3n) is 3.82. The summed E-state index contributed by atoms with van der Waals surface area (Å²) in [5, 5.41) is 0. The minimum absolute atomic E-state index is 0.250. The number of piperazine rings is 1. The van der Waals surface area contributed by atoms with E-state index in [1.807, 2.05) is 6.07 Å². The molecule has 0 amide bonds. The first-order valence-electron chi connectivity index (χ1n) is 6.45. The third-order valence-corrected chi connectivity index (χ3v) is 3.82. The lowest BCUT2D eigenvalue weighted by Crippen LogP contribution is -2.54. The fourth-order valence-corrected chi connectivity index (χ4v) is 2.67. The van der Waals surface area contributed by atoms with E-state index in [9.17, 15) is 4.39 Å². The normalized spacial score (nSPS) is 26.4. The second-order valence-electron chi connectivity index (χ2n) is 5.45. The molecule has 1 aliphatic heterocycles. The first kappa shape index (κ1) is 13.3. The summed E-state index contributed by atoms with van der Waals surface area (Å²) in [5.41, 5.74) is 7.13. The van der Waals surface area contributed by atoms with Crippen molar-refractivity contribution >= 4 is 5.69 Å². The van der Waals surface area contributed by atoms with Crippen LogP contribution in [0.25, 0.3) is 0 Å². The van der Waals surface area contributed by atoms with Crippen LogP contribution in [0.1, 0.15) is 19.4 Å². The largest absolute Gasteiger partial charge is 0.399 e. The van der Waals surface area contributed by atoms with Crippen LogP contribution in [0.15, 0.2) is 18.2 Å². The minimum Gasteiger partial charge on any atom is -0.399 e. The Morgan fingerprint density at radius 3 is 2.39 bits per heavy atom. The molecule has 4 heteroatoms. The first-order valence-corrected chi connectivity index (χ1v) is 6.45. The quantitative estimate of drug-likeness (QED) is 0.815. The van der Waals surface area contributed by atoms with E-state index in [2.05, 4.69) is 30.7 Å². The zero-order valence-electron chi connectivity index (χ0n) is 11.4. The molecule has 3 nitrogen and oxygen atoms in total. The molecule has 0 aromatic heterocycles. The molecule has 1 aromatic carbocycles. The molecular weight excluding hydrogens is 229 g/mol. The summed E-state index contributed by atoms with van der Waals surface area (Å²) < 4.78 is 13.3. The second-order valence-corrected chi connectivity index (χ2v) is 5.45. The van der Waals surface area contributed by atoms with Crippen LogP contribution in [0.3, 0.4) is 0 Å². The van der Waals surface area contributed by atoms with Crippen molar-refractivity contribution in [2.75, 3.05) is 25.9 Å². The summed E-state index contributed by atoms with van der Waals surface area (Å²) in [6.45, 7) is 7.24. The maximum Gasteiger partial charge on any atom is 0.125 e. The van der Waals surface area contributed by atoms with Gasteiger partial charge in [0.15, 0.2) is 0 Å². The summed E-state index contributed by atoms with van der Waals surface area (Å²) >= 11 is 0. The van der Waals surface area contributed by atoms with Crippen LogP contribution < -0.4 is 5.73 Å². The molecule has 2 rings (SSSR count). The number of nitrogens with zero attached hydrogens (tertiary/aromatic N) is 2. The van der Waals surface area contributed by atoms with Gasteiger partial charge in [-0.1, -0.05) is 0 Å². The van der Waals surface area contributed by atoms with Gasteiger partial charge in [0.2, 0.25) is 0 Å². The molecule has 1 heterocycles. The molecule has 2 unspecified atom stereocenters. The highest BCUT2D eigenvalue weighted by molar-refractivity contribution is 5.41. The zero-order chi connectivity index (χ0) is 13.3. The van der Waals surface area contributed by atoms with Crippen molar-refractivity contribution < 1.29 is 4.39 Å². The van der Waals surface area contributed by atoms with Crippen LogP contribution in [-0.2, 0) is 6.54 Å². The standard InChI is InChI=1S/C14H22FN3/c1-10-7-18(8-11(2)17(10)3)9-12-4-13(15)6-14(16)5-12/h4-6,10-11H,7-9,16H2,1-3H3. The topological polar surface area (TPSA) is 32.5 Å². The highest BCUT2D eigenvalue weighted by Crippen LogP contribution is 2.18. The van der Waals surface area contributed by atoms with Crippen LogP contribution in [0, 0.1) is 5.82 Å². The molecule has 0 radical (unpaired) electrons. The SMILES string of the molecule is CC1CN(Cc2cc(N)cc(F)c2)CC(C)N1C. The summed E-state index contributed by atoms with van der Waals surface area (Å²) in [4.78, 5) is 4.75. The van der Waals surface area contributed by atoms with Gasteiger partial charge in [-0.2, -0.15) is 0 Å². The molecule has 0 bridgehead atoms. The summed E-state index contributed by atoms with van der Waals surface area (Å²) in [6.07, 6.45) is 0. The number of hydrogen-bond acceptors (Lipinski definition) is 3. The van der Waals surface area contributed by atoms with E-state index >= 15 is 0 Å². The Morgan fingerprint density at radius 2 is 1.83 bits per heavy atom. The van der Waals surface area contributed by atoms with Crippen LogP contribution in [0.4, 0.5) is 10.1 Å². The smallest absolute Gasteiger partial charge is 0.125 e. The van der Waals surface area contributed by atoms with E-state index in [1.54, 1.807) is 6.07 Å². The van der Waals surface area contributed by atoms with Gasteiger partial charge >= 0.3 is 0 Å². The number of hydrogen-bond donors (Lipinski definition) is 1. The van der Waals surface area contributed by atoms with E-state index in [-0.39, 0.29) is 5.82 Å². The monoisotopic (exact) mass is 251 g/mol. The van der Waals surface area contributed by atoms with Crippen LogP contribution in [0.5, 0.6) is 0 Å².